The molecule has 0 unspecified atom stereocenters. The number of thioether (sulfide) groups is 1. The Morgan fingerprint density at radius 2 is 2.11 bits per heavy atom. The fourth-order valence-corrected chi connectivity index (χ4v) is 2.79. The van der Waals surface area contributed by atoms with Crippen molar-refractivity contribution in [3.05, 3.63) is 34.6 Å². The minimum atomic E-state index is 0.0343. The van der Waals surface area contributed by atoms with E-state index in [4.69, 9.17) is 4.74 Å². The van der Waals surface area contributed by atoms with Gasteiger partial charge in [-0.05, 0) is 26.0 Å². The van der Waals surface area contributed by atoms with Crippen LogP contribution < -0.4 is 5.56 Å². The van der Waals surface area contributed by atoms with Crippen LogP contribution in [0.1, 0.15) is 13.8 Å². The van der Waals surface area contributed by atoms with E-state index in [1.807, 2.05) is 38.1 Å². The summed E-state index contributed by atoms with van der Waals surface area (Å²) < 4.78 is 7.03. The first-order chi connectivity index (χ1) is 9.27. The highest BCUT2D eigenvalue weighted by molar-refractivity contribution is 7.99. The smallest absolute Gasteiger partial charge is 0.262 e. The Morgan fingerprint density at radius 3 is 2.84 bits per heavy atom. The van der Waals surface area contributed by atoms with Crippen LogP contribution in [0.2, 0.25) is 0 Å². The molecule has 0 amide bonds. The van der Waals surface area contributed by atoms with Crippen molar-refractivity contribution in [1.29, 1.82) is 0 Å². The summed E-state index contributed by atoms with van der Waals surface area (Å²) in [5.41, 5.74) is 0.795. The van der Waals surface area contributed by atoms with Crippen molar-refractivity contribution in [3.8, 4) is 0 Å². The average Bonchev–Trinajstić information content (AvgIpc) is 2.44. The zero-order valence-corrected chi connectivity index (χ0v) is 12.1. The van der Waals surface area contributed by atoms with Gasteiger partial charge < -0.3 is 4.74 Å². The lowest BCUT2D eigenvalue weighted by Gasteiger charge is -2.10. The molecule has 19 heavy (non-hydrogen) atoms. The monoisotopic (exact) mass is 278 g/mol. The van der Waals surface area contributed by atoms with Crippen molar-refractivity contribution in [2.24, 2.45) is 0 Å². The molecule has 5 heteroatoms. The van der Waals surface area contributed by atoms with Crippen LogP contribution in [0, 0.1) is 0 Å². The Bertz CT molecular complexity index is 610. The zero-order chi connectivity index (χ0) is 13.7. The van der Waals surface area contributed by atoms with Gasteiger partial charge in [0.2, 0.25) is 0 Å². The second-order valence-corrected chi connectivity index (χ2v) is 5.07. The molecule has 0 saturated carbocycles. The molecule has 0 saturated heterocycles. The van der Waals surface area contributed by atoms with E-state index in [1.54, 1.807) is 16.3 Å². The van der Waals surface area contributed by atoms with E-state index >= 15 is 0 Å². The first-order valence-corrected chi connectivity index (χ1v) is 7.46. The molecule has 1 heterocycles. The van der Waals surface area contributed by atoms with Crippen LogP contribution in [-0.4, -0.2) is 28.5 Å². The number of aromatic nitrogens is 2. The summed E-state index contributed by atoms with van der Waals surface area (Å²) >= 11 is 1.57. The Kier molecular flexibility index (Phi) is 4.99. The van der Waals surface area contributed by atoms with E-state index in [9.17, 15) is 4.79 Å². The maximum absolute atomic E-state index is 12.3. The molecule has 0 spiro atoms. The number of fused-ring (bicyclic) bond motifs is 1. The highest BCUT2D eigenvalue weighted by Crippen LogP contribution is 2.17. The molecule has 2 rings (SSSR count). The molecule has 1 aromatic carbocycles. The van der Waals surface area contributed by atoms with Crippen LogP contribution in [0.25, 0.3) is 10.9 Å². The van der Waals surface area contributed by atoms with E-state index < -0.39 is 0 Å². The average molecular weight is 278 g/mol. The third-order valence-electron chi connectivity index (χ3n) is 2.81. The van der Waals surface area contributed by atoms with Crippen LogP contribution >= 0.6 is 11.8 Å². The van der Waals surface area contributed by atoms with E-state index in [0.717, 1.165) is 16.4 Å². The van der Waals surface area contributed by atoms with Crippen LogP contribution in [0.15, 0.2) is 34.2 Å². The predicted octanol–water partition coefficient (Wildman–Crippen LogP) is 2.55. The van der Waals surface area contributed by atoms with Crippen molar-refractivity contribution in [3.63, 3.8) is 0 Å². The lowest BCUT2D eigenvalue weighted by atomic mass is 10.2. The summed E-state index contributed by atoms with van der Waals surface area (Å²) in [6.07, 6.45) is 0. The summed E-state index contributed by atoms with van der Waals surface area (Å²) in [5.74, 6) is 0.804. The molecule has 0 aliphatic rings. The molecule has 4 nitrogen and oxygen atoms in total. The quantitative estimate of drug-likeness (QED) is 0.463. The molecule has 0 N–H and O–H groups in total. The first kappa shape index (κ1) is 14.1. The summed E-state index contributed by atoms with van der Waals surface area (Å²) in [6.45, 7) is 5.96. The second kappa shape index (κ2) is 6.73. The Balaban J connectivity index is 2.34. The normalized spacial score (nSPS) is 11.1. The number of para-hydroxylation sites is 1. The van der Waals surface area contributed by atoms with Crippen molar-refractivity contribution >= 4 is 22.7 Å². The van der Waals surface area contributed by atoms with E-state index in [0.29, 0.717) is 25.1 Å². The molecule has 0 aliphatic carbocycles. The van der Waals surface area contributed by atoms with Gasteiger partial charge in [-0.2, -0.15) is 0 Å². The predicted molar refractivity (Wildman–Crippen MR) is 78.9 cm³/mol. The first-order valence-electron chi connectivity index (χ1n) is 6.48. The van der Waals surface area contributed by atoms with Gasteiger partial charge >= 0.3 is 0 Å². The summed E-state index contributed by atoms with van der Waals surface area (Å²) in [5, 5.41) is 1.45. The molecule has 0 radical (unpaired) electrons. The van der Waals surface area contributed by atoms with Gasteiger partial charge in [0, 0.05) is 18.9 Å². The van der Waals surface area contributed by atoms with Crippen LogP contribution in [-0.2, 0) is 11.3 Å². The van der Waals surface area contributed by atoms with Gasteiger partial charge in [-0.3, -0.25) is 9.36 Å². The molecule has 102 valence electrons. The molecular formula is C14H18N2O2S. The molecule has 0 aliphatic heterocycles. The highest BCUT2D eigenvalue weighted by atomic mass is 32.2. The molecule has 0 fully saturated rings. The largest absolute Gasteiger partial charge is 0.381 e. The molecule has 0 bridgehead atoms. The number of rotatable bonds is 6. The number of ether oxygens (including phenoxy) is 1. The highest BCUT2D eigenvalue weighted by Gasteiger charge is 2.09. The van der Waals surface area contributed by atoms with Crippen molar-refractivity contribution in [2.75, 3.05) is 19.0 Å². The fourth-order valence-electron chi connectivity index (χ4n) is 1.87. The van der Waals surface area contributed by atoms with E-state index in [2.05, 4.69) is 4.98 Å². The maximum atomic E-state index is 12.3. The SMILES string of the molecule is CCOCCSc1nc2ccccc2c(=O)n1CC. The number of nitrogens with zero attached hydrogens (tertiary/aromatic N) is 2. The van der Waals surface area contributed by atoms with E-state index in [1.165, 1.54) is 0 Å². The summed E-state index contributed by atoms with van der Waals surface area (Å²) in [7, 11) is 0. The summed E-state index contributed by atoms with van der Waals surface area (Å²) in [6, 6.07) is 7.47. The molecule has 2 aromatic rings. The van der Waals surface area contributed by atoms with Gasteiger partial charge in [-0.25, -0.2) is 4.98 Å². The summed E-state index contributed by atoms with van der Waals surface area (Å²) in [4.78, 5) is 16.9. The van der Waals surface area contributed by atoms with Crippen molar-refractivity contribution in [1.82, 2.24) is 9.55 Å². The van der Waals surface area contributed by atoms with E-state index in [-0.39, 0.29) is 5.56 Å². The number of hydrogen-bond donors (Lipinski definition) is 0. The minimum Gasteiger partial charge on any atom is -0.381 e. The van der Waals surface area contributed by atoms with Crippen LogP contribution in [0.5, 0.6) is 0 Å². The maximum Gasteiger partial charge on any atom is 0.262 e. The van der Waals surface area contributed by atoms with Crippen LogP contribution in [0.4, 0.5) is 0 Å². The minimum absolute atomic E-state index is 0.0343. The Labute approximate surface area is 116 Å². The fraction of sp³-hybridized carbons (Fsp3) is 0.429. The van der Waals surface area contributed by atoms with Gasteiger partial charge in [0.15, 0.2) is 5.16 Å². The van der Waals surface area contributed by atoms with Gasteiger partial charge in [-0.15, -0.1) is 0 Å². The molecule has 0 atom stereocenters. The molecular weight excluding hydrogens is 260 g/mol. The molecule has 1 aromatic heterocycles. The second-order valence-electron chi connectivity index (χ2n) is 4.01. The van der Waals surface area contributed by atoms with Crippen molar-refractivity contribution < 1.29 is 4.74 Å². The van der Waals surface area contributed by atoms with Crippen LogP contribution in [0.3, 0.4) is 0 Å². The zero-order valence-electron chi connectivity index (χ0n) is 11.3. The lowest BCUT2D eigenvalue weighted by Crippen LogP contribution is -2.22. The number of hydrogen-bond acceptors (Lipinski definition) is 4. The van der Waals surface area contributed by atoms with Gasteiger partial charge in [0.05, 0.1) is 17.5 Å². The standard InChI is InChI=1S/C14H18N2O2S/c1-3-16-13(17)11-7-5-6-8-12(11)15-14(16)19-10-9-18-4-2/h5-8H,3-4,9-10H2,1-2H3. The topological polar surface area (TPSA) is 44.1 Å². The Hall–Kier alpha value is -1.33. The Morgan fingerprint density at radius 1 is 1.32 bits per heavy atom. The third-order valence-corrected chi connectivity index (χ3v) is 3.75. The number of benzene rings is 1. The lowest BCUT2D eigenvalue weighted by molar-refractivity contribution is 0.164. The van der Waals surface area contributed by atoms with Gasteiger partial charge in [0.25, 0.3) is 5.56 Å². The van der Waals surface area contributed by atoms with Gasteiger partial charge in [-0.1, -0.05) is 23.9 Å². The van der Waals surface area contributed by atoms with Crippen molar-refractivity contribution in [2.45, 2.75) is 25.5 Å². The third kappa shape index (κ3) is 3.16. The van der Waals surface area contributed by atoms with Gasteiger partial charge in [0.1, 0.15) is 0 Å².